The Hall–Kier alpha value is -1.33. The molecule has 0 aliphatic heterocycles. The zero-order valence-electron chi connectivity index (χ0n) is 9.72. The fourth-order valence-electron chi connectivity index (χ4n) is 1.45. The lowest BCUT2D eigenvalue weighted by Gasteiger charge is -1.97. The smallest absolute Gasteiger partial charge is 0.227 e. The first-order valence-corrected chi connectivity index (χ1v) is 6.84. The predicted octanol–water partition coefficient (Wildman–Crippen LogP) is 2.10. The normalized spacial score (nSPS) is 10.7. The molecule has 5 heteroatoms. The van der Waals surface area contributed by atoms with Crippen LogP contribution in [0.25, 0.3) is 11.4 Å². The third kappa shape index (κ3) is 3.08. The van der Waals surface area contributed by atoms with Gasteiger partial charge in [0.1, 0.15) is 0 Å². The van der Waals surface area contributed by atoms with Gasteiger partial charge in [0.2, 0.25) is 11.7 Å². The van der Waals surface area contributed by atoms with Crippen molar-refractivity contribution in [1.82, 2.24) is 10.1 Å². The van der Waals surface area contributed by atoms with Crippen LogP contribution >= 0.6 is 11.8 Å². The van der Waals surface area contributed by atoms with E-state index in [1.54, 1.807) is 11.8 Å². The highest BCUT2D eigenvalue weighted by atomic mass is 32.2. The molecule has 0 unspecified atom stereocenters. The van der Waals surface area contributed by atoms with Crippen LogP contribution in [0.5, 0.6) is 0 Å². The highest BCUT2D eigenvalue weighted by Gasteiger charge is 2.07. The van der Waals surface area contributed by atoms with Crippen LogP contribution < -0.4 is 5.73 Å². The number of nitrogens with two attached hydrogens (primary N) is 1. The second-order valence-corrected chi connectivity index (χ2v) is 4.64. The van der Waals surface area contributed by atoms with E-state index >= 15 is 0 Å². The molecule has 0 saturated heterocycles. The van der Waals surface area contributed by atoms with Crippen LogP contribution in [0.1, 0.15) is 11.5 Å². The van der Waals surface area contributed by atoms with Crippen molar-refractivity contribution in [2.75, 3.05) is 12.0 Å². The summed E-state index contributed by atoms with van der Waals surface area (Å²) in [6, 6.07) is 7.89. The molecule has 1 heterocycles. The number of thioether (sulfide) groups is 1. The Labute approximate surface area is 105 Å². The van der Waals surface area contributed by atoms with Crippen molar-refractivity contribution in [1.29, 1.82) is 0 Å². The zero-order valence-corrected chi connectivity index (χ0v) is 10.5. The van der Waals surface area contributed by atoms with Crippen molar-refractivity contribution in [3.8, 4) is 11.4 Å². The van der Waals surface area contributed by atoms with Crippen LogP contribution in [0.15, 0.2) is 28.8 Å². The molecule has 0 spiro atoms. The number of rotatable bonds is 5. The fourth-order valence-corrected chi connectivity index (χ4v) is 1.83. The first kappa shape index (κ1) is 12.1. The molecular weight excluding hydrogens is 234 g/mol. The van der Waals surface area contributed by atoms with Gasteiger partial charge in [-0.15, -0.1) is 0 Å². The number of nitrogens with zero attached hydrogens (tertiary/aromatic N) is 2. The molecule has 0 bridgehead atoms. The highest BCUT2D eigenvalue weighted by molar-refractivity contribution is 7.98. The van der Waals surface area contributed by atoms with Gasteiger partial charge in [-0.25, -0.2) is 0 Å². The Balaban J connectivity index is 2.12. The Kier molecular flexibility index (Phi) is 4.17. The molecule has 2 N–H and O–H groups in total. The summed E-state index contributed by atoms with van der Waals surface area (Å²) >= 11 is 1.76. The average Bonchev–Trinajstić information content (AvgIpc) is 2.85. The van der Waals surface area contributed by atoms with Crippen LogP contribution in [0.2, 0.25) is 0 Å². The molecule has 0 radical (unpaired) electrons. The van der Waals surface area contributed by atoms with E-state index < -0.39 is 0 Å². The molecule has 0 saturated carbocycles. The van der Waals surface area contributed by atoms with Gasteiger partial charge < -0.3 is 10.3 Å². The lowest BCUT2D eigenvalue weighted by atomic mass is 10.1. The second kappa shape index (κ2) is 5.84. The molecule has 0 fully saturated rings. The van der Waals surface area contributed by atoms with Gasteiger partial charge in [0.05, 0.1) is 0 Å². The van der Waals surface area contributed by atoms with Gasteiger partial charge in [-0.05, 0) is 11.8 Å². The molecule has 2 rings (SSSR count). The van der Waals surface area contributed by atoms with Crippen molar-refractivity contribution < 1.29 is 4.52 Å². The minimum atomic E-state index is 0.547. The molecular formula is C12H15N3OS. The topological polar surface area (TPSA) is 64.9 Å². The van der Waals surface area contributed by atoms with E-state index in [0.29, 0.717) is 18.3 Å². The van der Waals surface area contributed by atoms with E-state index in [1.807, 2.05) is 24.3 Å². The molecule has 0 aliphatic carbocycles. The van der Waals surface area contributed by atoms with Crippen molar-refractivity contribution in [3.05, 3.63) is 35.7 Å². The van der Waals surface area contributed by atoms with E-state index in [9.17, 15) is 0 Å². The summed E-state index contributed by atoms with van der Waals surface area (Å²) in [5.41, 5.74) is 7.60. The molecule has 4 nitrogen and oxygen atoms in total. The van der Waals surface area contributed by atoms with Gasteiger partial charge >= 0.3 is 0 Å². The van der Waals surface area contributed by atoms with Crippen LogP contribution in [-0.2, 0) is 13.0 Å². The van der Waals surface area contributed by atoms with Crippen molar-refractivity contribution >= 4 is 11.8 Å². The Morgan fingerprint density at radius 3 is 2.71 bits per heavy atom. The lowest BCUT2D eigenvalue weighted by Crippen LogP contribution is -1.95. The zero-order chi connectivity index (χ0) is 12.1. The van der Waals surface area contributed by atoms with E-state index in [2.05, 4.69) is 16.4 Å². The summed E-state index contributed by atoms with van der Waals surface area (Å²) in [7, 11) is 0. The van der Waals surface area contributed by atoms with Gasteiger partial charge in [-0.3, -0.25) is 0 Å². The number of hydrogen-bond donors (Lipinski definition) is 1. The van der Waals surface area contributed by atoms with Crippen molar-refractivity contribution in [2.45, 2.75) is 13.0 Å². The molecule has 1 aromatic carbocycles. The largest absolute Gasteiger partial charge is 0.339 e. The molecule has 90 valence electrons. The standard InChI is InChI=1S/C12H15N3OS/c1-17-7-6-11-14-12(15-16-11)10-4-2-9(8-13)3-5-10/h2-5H,6-8,13H2,1H3. The molecule has 2 aromatic rings. The molecule has 0 aliphatic rings. The lowest BCUT2D eigenvalue weighted by molar-refractivity contribution is 0.383. The fraction of sp³-hybridized carbons (Fsp3) is 0.333. The summed E-state index contributed by atoms with van der Waals surface area (Å²) in [5, 5.41) is 3.97. The highest BCUT2D eigenvalue weighted by Crippen LogP contribution is 2.16. The van der Waals surface area contributed by atoms with Gasteiger partial charge in [0.25, 0.3) is 0 Å². The average molecular weight is 249 g/mol. The minimum Gasteiger partial charge on any atom is -0.339 e. The van der Waals surface area contributed by atoms with Crippen LogP contribution in [0, 0.1) is 0 Å². The van der Waals surface area contributed by atoms with E-state index in [1.165, 1.54) is 0 Å². The molecule has 0 atom stereocenters. The Bertz CT molecular complexity index is 467. The maximum Gasteiger partial charge on any atom is 0.227 e. The number of aryl methyl sites for hydroxylation is 1. The second-order valence-electron chi connectivity index (χ2n) is 3.66. The van der Waals surface area contributed by atoms with Gasteiger partial charge in [-0.1, -0.05) is 29.4 Å². The quantitative estimate of drug-likeness (QED) is 0.879. The number of benzene rings is 1. The molecule has 0 amide bonds. The van der Waals surface area contributed by atoms with Crippen LogP contribution in [-0.4, -0.2) is 22.1 Å². The van der Waals surface area contributed by atoms with Gasteiger partial charge in [0, 0.05) is 24.3 Å². The monoisotopic (exact) mass is 249 g/mol. The third-order valence-electron chi connectivity index (χ3n) is 2.44. The minimum absolute atomic E-state index is 0.547. The number of aromatic nitrogens is 2. The van der Waals surface area contributed by atoms with Crippen molar-refractivity contribution in [2.24, 2.45) is 5.73 Å². The predicted molar refractivity (Wildman–Crippen MR) is 69.7 cm³/mol. The Morgan fingerprint density at radius 2 is 2.06 bits per heavy atom. The SMILES string of the molecule is CSCCc1nc(-c2ccc(CN)cc2)no1. The first-order valence-electron chi connectivity index (χ1n) is 5.44. The molecule has 1 aromatic heterocycles. The maximum atomic E-state index is 5.55. The van der Waals surface area contributed by atoms with Gasteiger partial charge in [-0.2, -0.15) is 16.7 Å². The van der Waals surface area contributed by atoms with Crippen LogP contribution in [0.3, 0.4) is 0 Å². The summed E-state index contributed by atoms with van der Waals surface area (Å²) in [6.07, 6.45) is 2.87. The van der Waals surface area contributed by atoms with Crippen molar-refractivity contribution in [3.63, 3.8) is 0 Å². The van der Waals surface area contributed by atoms with E-state index in [-0.39, 0.29) is 0 Å². The number of hydrogen-bond acceptors (Lipinski definition) is 5. The molecule has 17 heavy (non-hydrogen) atoms. The summed E-state index contributed by atoms with van der Waals surface area (Å²) < 4.78 is 5.18. The van der Waals surface area contributed by atoms with Crippen LogP contribution in [0.4, 0.5) is 0 Å². The summed E-state index contributed by atoms with van der Waals surface area (Å²) in [4.78, 5) is 4.35. The van der Waals surface area contributed by atoms with Gasteiger partial charge in [0.15, 0.2) is 0 Å². The summed E-state index contributed by atoms with van der Waals surface area (Å²) in [5.74, 6) is 2.33. The van der Waals surface area contributed by atoms with E-state index in [0.717, 1.165) is 23.3 Å². The van der Waals surface area contributed by atoms with E-state index in [4.69, 9.17) is 10.3 Å². The summed E-state index contributed by atoms with van der Waals surface area (Å²) in [6.45, 7) is 0.547. The first-order chi connectivity index (χ1) is 8.33. The Morgan fingerprint density at radius 1 is 1.29 bits per heavy atom. The maximum absolute atomic E-state index is 5.55. The third-order valence-corrected chi connectivity index (χ3v) is 3.05.